The van der Waals surface area contributed by atoms with Gasteiger partial charge in [-0.1, -0.05) is 20.3 Å². The first-order chi connectivity index (χ1) is 6.59. The highest BCUT2D eigenvalue weighted by Crippen LogP contribution is 2.24. The summed E-state index contributed by atoms with van der Waals surface area (Å²) >= 11 is 0. The van der Waals surface area contributed by atoms with Crippen LogP contribution in [0.15, 0.2) is 0 Å². The maximum absolute atomic E-state index is 10.8. The first-order valence-corrected chi connectivity index (χ1v) is 5.55. The van der Waals surface area contributed by atoms with Crippen LogP contribution < -0.4 is 5.32 Å². The van der Waals surface area contributed by atoms with E-state index in [4.69, 9.17) is 5.11 Å². The van der Waals surface area contributed by atoms with Crippen molar-refractivity contribution < 1.29 is 9.90 Å². The summed E-state index contributed by atoms with van der Waals surface area (Å²) in [6.45, 7) is 5.34. The van der Waals surface area contributed by atoms with Crippen LogP contribution in [0.1, 0.15) is 39.5 Å². The molecule has 1 aliphatic carbocycles. The van der Waals surface area contributed by atoms with Gasteiger partial charge >= 0.3 is 5.97 Å². The van der Waals surface area contributed by atoms with E-state index in [-0.39, 0.29) is 5.92 Å². The summed E-state index contributed by atoms with van der Waals surface area (Å²) in [6.07, 6.45) is 3.85. The highest BCUT2D eigenvalue weighted by Gasteiger charge is 2.26. The zero-order valence-corrected chi connectivity index (χ0v) is 9.12. The third-order valence-electron chi connectivity index (χ3n) is 2.84. The van der Waals surface area contributed by atoms with Crippen molar-refractivity contribution in [3.8, 4) is 0 Å². The number of aliphatic carboxylic acids is 1. The molecule has 82 valence electrons. The molecule has 0 spiro atoms. The van der Waals surface area contributed by atoms with Crippen molar-refractivity contribution in [1.82, 2.24) is 5.32 Å². The molecule has 0 amide bonds. The van der Waals surface area contributed by atoms with Crippen LogP contribution in [0.3, 0.4) is 0 Å². The summed E-state index contributed by atoms with van der Waals surface area (Å²) in [5.74, 6) is -0.102. The molecule has 0 aliphatic heterocycles. The molecule has 1 saturated carbocycles. The molecule has 0 radical (unpaired) electrons. The Morgan fingerprint density at radius 1 is 1.50 bits per heavy atom. The number of carbonyl (C=O) groups is 1. The molecule has 2 unspecified atom stereocenters. The molecule has 1 rings (SSSR count). The Kier molecular flexibility index (Phi) is 4.39. The van der Waals surface area contributed by atoms with Gasteiger partial charge in [0.15, 0.2) is 0 Å². The SMILES string of the molecule is CC(C)CNC1CCCC(C(=O)O)C1. The van der Waals surface area contributed by atoms with Crippen LogP contribution in [-0.4, -0.2) is 23.7 Å². The lowest BCUT2D eigenvalue weighted by molar-refractivity contribution is -0.143. The van der Waals surface area contributed by atoms with E-state index in [1.54, 1.807) is 0 Å². The molecule has 0 bridgehead atoms. The molecule has 3 heteroatoms. The summed E-state index contributed by atoms with van der Waals surface area (Å²) in [6, 6.07) is 0.423. The zero-order valence-electron chi connectivity index (χ0n) is 9.12. The van der Waals surface area contributed by atoms with E-state index in [2.05, 4.69) is 19.2 Å². The lowest BCUT2D eigenvalue weighted by atomic mass is 9.85. The van der Waals surface area contributed by atoms with E-state index in [9.17, 15) is 4.79 Å². The first kappa shape index (κ1) is 11.5. The van der Waals surface area contributed by atoms with Gasteiger partial charge in [-0.2, -0.15) is 0 Å². The van der Waals surface area contributed by atoms with Crippen molar-refractivity contribution in [2.45, 2.75) is 45.6 Å². The summed E-state index contributed by atoms with van der Waals surface area (Å²) in [4.78, 5) is 10.8. The molecule has 0 aromatic heterocycles. The molecular weight excluding hydrogens is 178 g/mol. The Bertz CT molecular complexity index is 192. The van der Waals surface area contributed by atoms with Crippen molar-refractivity contribution >= 4 is 5.97 Å². The molecule has 0 saturated heterocycles. The number of hydrogen-bond acceptors (Lipinski definition) is 2. The lowest BCUT2D eigenvalue weighted by Gasteiger charge is -2.28. The molecule has 1 aliphatic rings. The van der Waals surface area contributed by atoms with Crippen LogP contribution in [0.5, 0.6) is 0 Å². The number of carboxylic acid groups (broad SMARTS) is 1. The number of hydrogen-bond donors (Lipinski definition) is 2. The van der Waals surface area contributed by atoms with Crippen LogP contribution in [0.2, 0.25) is 0 Å². The van der Waals surface area contributed by atoms with E-state index in [0.29, 0.717) is 12.0 Å². The van der Waals surface area contributed by atoms with E-state index in [1.807, 2.05) is 0 Å². The number of rotatable bonds is 4. The summed E-state index contributed by atoms with van der Waals surface area (Å²) < 4.78 is 0. The molecule has 14 heavy (non-hydrogen) atoms. The van der Waals surface area contributed by atoms with Crippen molar-refractivity contribution in [3.63, 3.8) is 0 Å². The fourth-order valence-electron chi connectivity index (χ4n) is 2.00. The minimum Gasteiger partial charge on any atom is -0.481 e. The van der Waals surface area contributed by atoms with Crippen LogP contribution in [0.25, 0.3) is 0 Å². The standard InChI is InChI=1S/C11H21NO2/c1-8(2)7-12-10-5-3-4-9(6-10)11(13)14/h8-10,12H,3-7H2,1-2H3,(H,13,14). The van der Waals surface area contributed by atoms with Crippen molar-refractivity contribution in [1.29, 1.82) is 0 Å². The van der Waals surface area contributed by atoms with Gasteiger partial charge in [0.25, 0.3) is 0 Å². The van der Waals surface area contributed by atoms with Gasteiger partial charge in [0, 0.05) is 6.04 Å². The van der Waals surface area contributed by atoms with Crippen molar-refractivity contribution in [3.05, 3.63) is 0 Å². The largest absolute Gasteiger partial charge is 0.481 e. The van der Waals surface area contributed by atoms with Gasteiger partial charge in [-0.25, -0.2) is 0 Å². The predicted octanol–water partition coefficient (Wildman–Crippen LogP) is 1.88. The van der Waals surface area contributed by atoms with Gasteiger partial charge in [-0.3, -0.25) is 4.79 Å². The summed E-state index contributed by atoms with van der Waals surface area (Å²) in [7, 11) is 0. The first-order valence-electron chi connectivity index (χ1n) is 5.55. The fourth-order valence-corrected chi connectivity index (χ4v) is 2.00. The highest BCUT2D eigenvalue weighted by atomic mass is 16.4. The minimum atomic E-state index is -0.624. The molecule has 3 nitrogen and oxygen atoms in total. The molecule has 0 aromatic carbocycles. The topological polar surface area (TPSA) is 49.3 Å². The molecule has 2 atom stereocenters. The van der Waals surface area contributed by atoms with E-state index >= 15 is 0 Å². The van der Waals surface area contributed by atoms with Gasteiger partial charge in [-0.05, 0) is 31.7 Å². The maximum atomic E-state index is 10.8. The second-order valence-electron chi connectivity index (χ2n) is 4.70. The lowest BCUT2D eigenvalue weighted by Crippen LogP contribution is -2.38. The monoisotopic (exact) mass is 199 g/mol. The van der Waals surface area contributed by atoms with Gasteiger partial charge < -0.3 is 10.4 Å². The summed E-state index contributed by atoms with van der Waals surface area (Å²) in [5.41, 5.74) is 0. The normalized spacial score (nSPS) is 27.9. The number of carboxylic acids is 1. The van der Waals surface area contributed by atoms with Crippen molar-refractivity contribution in [2.24, 2.45) is 11.8 Å². The maximum Gasteiger partial charge on any atom is 0.306 e. The van der Waals surface area contributed by atoms with Gasteiger partial charge in [0.05, 0.1) is 5.92 Å². The molecule has 0 aromatic rings. The molecule has 2 N–H and O–H groups in total. The van der Waals surface area contributed by atoms with Gasteiger partial charge in [-0.15, -0.1) is 0 Å². The van der Waals surface area contributed by atoms with Crippen LogP contribution >= 0.6 is 0 Å². The average Bonchev–Trinajstić information content (AvgIpc) is 2.15. The molecule has 0 heterocycles. The zero-order chi connectivity index (χ0) is 10.6. The van der Waals surface area contributed by atoms with Crippen LogP contribution in [0, 0.1) is 11.8 Å². The minimum absolute atomic E-state index is 0.117. The predicted molar refractivity (Wildman–Crippen MR) is 56.2 cm³/mol. The van der Waals surface area contributed by atoms with Crippen molar-refractivity contribution in [2.75, 3.05) is 6.54 Å². The molecular formula is C11H21NO2. The second kappa shape index (κ2) is 5.35. The van der Waals surface area contributed by atoms with Gasteiger partial charge in [0.1, 0.15) is 0 Å². The fraction of sp³-hybridized carbons (Fsp3) is 0.909. The smallest absolute Gasteiger partial charge is 0.306 e. The Morgan fingerprint density at radius 3 is 2.79 bits per heavy atom. The summed E-state index contributed by atoms with van der Waals surface area (Å²) in [5, 5.41) is 12.3. The second-order valence-corrected chi connectivity index (χ2v) is 4.70. The van der Waals surface area contributed by atoms with Gasteiger partial charge in [0.2, 0.25) is 0 Å². The van der Waals surface area contributed by atoms with E-state index in [0.717, 1.165) is 32.2 Å². The Labute approximate surface area is 85.9 Å². The van der Waals surface area contributed by atoms with E-state index in [1.165, 1.54) is 0 Å². The Morgan fingerprint density at radius 2 is 2.21 bits per heavy atom. The van der Waals surface area contributed by atoms with Crippen LogP contribution in [0.4, 0.5) is 0 Å². The third-order valence-corrected chi connectivity index (χ3v) is 2.84. The average molecular weight is 199 g/mol. The number of nitrogens with one attached hydrogen (secondary N) is 1. The third kappa shape index (κ3) is 3.66. The quantitative estimate of drug-likeness (QED) is 0.726. The Balaban J connectivity index is 2.29. The molecule has 1 fully saturated rings. The highest BCUT2D eigenvalue weighted by molar-refractivity contribution is 5.70. The van der Waals surface area contributed by atoms with E-state index < -0.39 is 5.97 Å². The Hall–Kier alpha value is -0.570. The van der Waals surface area contributed by atoms with Crippen LogP contribution in [-0.2, 0) is 4.79 Å².